The minimum atomic E-state index is -0.0618. The molecule has 2 heterocycles. The van der Waals surface area contributed by atoms with Crippen molar-refractivity contribution in [2.45, 2.75) is 65.0 Å². The van der Waals surface area contributed by atoms with E-state index in [1.807, 2.05) is 18.7 Å². The largest absolute Gasteiger partial charge is 0.378 e. The molecule has 2 amide bonds. The molecule has 1 atom stereocenters. The second kappa shape index (κ2) is 7.62. The summed E-state index contributed by atoms with van der Waals surface area (Å²) in [6.07, 6.45) is 2.14. The first-order valence-electron chi connectivity index (χ1n) is 8.44. The van der Waals surface area contributed by atoms with Gasteiger partial charge in [0.1, 0.15) is 5.01 Å². The van der Waals surface area contributed by atoms with Crippen molar-refractivity contribution in [3.05, 3.63) is 16.1 Å². The fourth-order valence-electron chi connectivity index (χ4n) is 2.63. The summed E-state index contributed by atoms with van der Waals surface area (Å²) in [5, 5.41) is 6.13. The first-order chi connectivity index (χ1) is 10.8. The van der Waals surface area contributed by atoms with Crippen molar-refractivity contribution in [1.29, 1.82) is 0 Å². The second-order valence-corrected chi connectivity index (χ2v) is 8.02. The number of ether oxygens (including phenoxy) is 1. The van der Waals surface area contributed by atoms with Crippen molar-refractivity contribution in [3.8, 4) is 0 Å². The third-order valence-corrected chi connectivity index (χ3v) is 5.16. The van der Waals surface area contributed by atoms with Gasteiger partial charge in [-0.05, 0) is 26.7 Å². The number of rotatable bonds is 4. The Morgan fingerprint density at radius 3 is 2.65 bits per heavy atom. The summed E-state index contributed by atoms with van der Waals surface area (Å²) in [6, 6.07) is -0.0619. The van der Waals surface area contributed by atoms with E-state index in [0.717, 1.165) is 43.2 Å². The van der Waals surface area contributed by atoms with Crippen molar-refractivity contribution in [2.24, 2.45) is 0 Å². The predicted octanol–water partition coefficient (Wildman–Crippen LogP) is 3.71. The lowest BCUT2D eigenvalue weighted by Crippen LogP contribution is -2.46. The minimum absolute atomic E-state index is 0.0000397. The predicted molar refractivity (Wildman–Crippen MR) is 94.0 cm³/mol. The SMILES string of the molecule is CCOC1CCN(C(=O)N[C@@H](C)c2nc(C(C)(C)C)cs2)CC1. The van der Waals surface area contributed by atoms with Gasteiger partial charge in [-0.1, -0.05) is 20.8 Å². The quantitative estimate of drug-likeness (QED) is 0.910. The first kappa shape index (κ1) is 18.2. The Hall–Kier alpha value is -1.14. The van der Waals surface area contributed by atoms with Gasteiger partial charge in [-0.2, -0.15) is 0 Å². The van der Waals surface area contributed by atoms with Gasteiger partial charge in [0.2, 0.25) is 0 Å². The highest BCUT2D eigenvalue weighted by molar-refractivity contribution is 7.09. The van der Waals surface area contributed by atoms with Crippen molar-refractivity contribution in [3.63, 3.8) is 0 Å². The molecule has 1 aliphatic rings. The van der Waals surface area contributed by atoms with Gasteiger partial charge in [0, 0.05) is 30.5 Å². The highest BCUT2D eigenvalue weighted by Crippen LogP contribution is 2.27. The molecule has 1 fully saturated rings. The molecule has 0 aromatic carbocycles. The van der Waals surface area contributed by atoms with Crippen LogP contribution in [-0.4, -0.2) is 41.7 Å². The molecule has 0 aliphatic carbocycles. The molecule has 1 aromatic rings. The molecule has 130 valence electrons. The number of likely N-dealkylation sites (tertiary alicyclic amines) is 1. The van der Waals surface area contributed by atoms with Gasteiger partial charge in [0.05, 0.1) is 17.8 Å². The van der Waals surface area contributed by atoms with Gasteiger partial charge < -0.3 is 15.0 Å². The van der Waals surface area contributed by atoms with Gasteiger partial charge >= 0.3 is 6.03 Å². The number of amides is 2. The molecule has 1 aliphatic heterocycles. The maximum atomic E-state index is 12.4. The number of thiazole rings is 1. The summed E-state index contributed by atoms with van der Waals surface area (Å²) < 4.78 is 5.63. The Balaban J connectivity index is 1.87. The highest BCUT2D eigenvalue weighted by atomic mass is 32.1. The summed E-state index contributed by atoms with van der Waals surface area (Å²) in [4.78, 5) is 19.0. The Kier molecular flexibility index (Phi) is 6.03. The zero-order valence-electron chi connectivity index (χ0n) is 14.9. The van der Waals surface area contributed by atoms with E-state index in [4.69, 9.17) is 4.74 Å². The minimum Gasteiger partial charge on any atom is -0.378 e. The van der Waals surface area contributed by atoms with Crippen LogP contribution in [0.4, 0.5) is 4.79 Å². The molecule has 5 nitrogen and oxygen atoms in total. The van der Waals surface area contributed by atoms with Crippen LogP contribution < -0.4 is 5.32 Å². The number of urea groups is 1. The number of carbonyl (C=O) groups excluding carboxylic acids is 1. The molecule has 0 bridgehead atoms. The molecule has 23 heavy (non-hydrogen) atoms. The van der Waals surface area contributed by atoms with E-state index in [1.165, 1.54) is 0 Å². The molecule has 1 saturated heterocycles. The third-order valence-electron chi connectivity index (χ3n) is 4.13. The molecule has 2 rings (SSSR count). The molecule has 0 saturated carbocycles. The lowest BCUT2D eigenvalue weighted by atomic mass is 9.93. The average Bonchev–Trinajstić information content (AvgIpc) is 2.98. The highest BCUT2D eigenvalue weighted by Gasteiger charge is 2.25. The Labute approximate surface area is 143 Å². The normalized spacial score (nSPS) is 18.0. The number of nitrogens with zero attached hydrogens (tertiary/aromatic N) is 2. The van der Waals surface area contributed by atoms with E-state index in [0.29, 0.717) is 6.10 Å². The van der Waals surface area contributed by atoms with E-state index in [1.54, 1.807) is 11.3 Å². The van der Waals surface area contributed by atoms with Gasteiger partial charge in [0.25, 0.3) is 0 Å². The van der Waals surface area contributed by atoms with Crippen molar-refractivity contribution < 1.29 is 9.53 Å². The van der Waals surface area contributed by atoms with Crippen LogP contribution in [0.2, 0.25) is 0 Å². The summed E-state index contributed by atoms with van der Waals surface area (Å²) in [5.41, 5.74) is 1.12. The number of nitrogens with one attached hydrogen (secondary N) is 1. The van der Waals surface area contributed by atoms with Crippen LogP contribution >= 0.6 is 11.3 Å². The standard InChI is InChI=1S/C17H29N3O2S/c1-6-22-13-7-9-20(10-8-13)16(21)18-12(2)15-19-14(11-23-15)17(3,4)5/h11-13H,6-10H2,1-5H3,(H,18,21)/t12-/m0/s1. The van der Waals surface area contributed by atoms with E-state index in [-0.39, 0.29) is 17.5 Å². The second-order valence-electron chi connectivity index (χ2n) is 7.13. The topological polar surface area (TPSA) is 54.5 Å². The molecule has 1 aromatic heterocycles. The number of aromatic nitrogens is 1. The molecule has 1 N–H and O–H groups in total. The number of carbonyl (C=O) groups is 1. The van der Waals surface area contributed by atoms with Crippen molar-refractivity contribution in [1.82, 2.24) is 15.2 Å². The van der Waals surface area contributed by atoms with Crippen LogP contribution in [0, 0.1) is 0 Å². The zero-order chi connectivity index (χ0) is 17.0. The number of hydrogen-bond donors (Lipinski definition) is 1. The summed E-state index contributed by atoms with van der Waals surface area (Å²) in [6.45, 7) is 12.7. The molecular weight excluding hydrogens is 310 g/mol. The van der Waals surface area contributed by atoms with Crippen molar-refractivity contribution >= 4 is 17.4 Å². The molecule has 0 unspecified atom stereocenters. The Morgan fingerprint density at radius 1 is 1.48 bits per heavy atom. The molecule has 0 radical (unpaired) electrons. The van der Waals surface area contributed by atoms with Crippen LogP contribution in [0.25, 0.3) is 0 Å². The van der Waals surface area contributed by atoms with Crippen LogP contribution in [-0.2, 0) is 10.2 Å². The average molecular weight is 340 g/mol. The van der Waals surface area contributed by atoms with Crippen molar-refractivity contribution in [2.75, 3.05) is 19.7 Å². The fraction of sp³-hybridized carbons (Fsp3) is 0.765. The van der Waals surface area contributed by atoms with Gasteiger partial charge in [-0.3, -0.25) is 0 Å². The molecule has 0 spiro atoms. The summed E-state index contributed by atoms with van der Waals surface area (Å²) in [7, 11) is 0. The molecular formula is C17H29N3O2S. The Bertz CT molecular complexity index is 516. The summed E-state index contributed by atoms with van der Waals surface area (Å²) >= 11 is 1.62. The zero-order valence-corrected chi connectivity index (χ0v) is 15.7. The fourth-order valence-corrected chi connectivity index (χ4v) is 3.68. The number of hydrogen-bond acceptors (Lipinski definition) is 4. The van der Waals surface area contributed by atoms with Gasteiger partial charge in [-0.25, -0.2) is 9.78 Å². The van der Waals surface area contributed by atoms with E-state index >= 15 is 0 Å². The maximum Gasteiger partial charge on any atom is 0.317 e. The monoisotopic (exact) mass is 339 g/mol. The van der Waals surface area contributed by atoms with Crippen LogP contribution in [0.3, 0.4) is 0 Å². The van der Waals surface area contributed by atoms with Gasteiger partial charge in [0.15, 0.2) is 0 Å². The number of piperidine rings is 1. The smallest absolute Gasteiger partial charge is 0.317 e. The summed E-state index contributed by atoms with van der Waals surface area (Å²) in [5.74, 6) is 0. The van der Waals surface area contributed by atoms with E-state index < -0.39 is 0 Å². The maximum absolute atomic E-state index is 12.4. The third kappa shape index (κ3) is 4.91. The molecule has 6 heteroatoms. The Morgan fingerprint density at radius 2 is 2.13 bits per heavy atom. The van der Waals surface area contributed by atoms with Crippen LogP contribution in [0.1, 0.15) is 64.2 Å². The van der Waals surface area contributed by atoms with E-state index in [2.05, 4.69) is 36.5 Å². The van der Waals surface area contributed by atoms with Gasteiger partial charge in [-0.15, -0.1) is 11.3 Å². The lowest BCUT2D eigenvalue weighted by Gasteiger charge is -2.32. The first-order valence-corrected chi connectivity index (χ1v) is 9.32. The lowest BCUT2D eigenvalue weighted by molar-refractivity contribution is 0.0218. The van der Waals surface area contributed by atoms with Crippen LogP contribution in [0.15, 0.2) is 5.38 Å². The van der Waals surface area contributed by atoms with Crippen LogP contribution in [0.5, 0.6) is 0 Å². The van der Waals surface area contributed by atoms with E-state index in [9.17, 15) is 4.79 Å².